The Hall–Kier alpha value is -2.01. The number of guanidine groups is 1. The highest BCUT2D eigenvalue weighted by Gasteiger charge is 2.27. The maximum absolute atomic E-state index is 12.1. The van der Waals surface area contributed by atoms with Gasteiger partial charge in [-0.2, -0.15) is 13.2 Å². The Morgan fingerprint density at radius 1 is 0.935 bits per heavy atom. The van der Waals surface area contributed by atoms with Crippen LogP contribution >= 0.6 is 24.0 Å². The van der Waals surface area contributed by atoms with Gasteiger partial charge >= 0.3 is 6.18 Å². The molecule has 0 saturated carbocycles. The zero-order valence-corrected chi connectivity index (χ0v) is 20.3. The third-order valence-electron chi connectivity index (χ3n) is 4.40. The quantitative estimate of drug-likeness (QED) is 0.277. The second-order valence-electron chi connectivity index (χ2n) is 7.09. The van der Waals surface area contributed by atoms with E-state index in [2.05, 4.69) is 49.5 Å². The number of hydrogen-bond acceptors (Lipinski definition) is 3. The highest BCUT2D eigenvalue weighted by Crippen LogP contribution is 2.16. The lowest BCUT2D eigenvalue weighted by atomic mass is 10.1. The first-order valence-electron chi connectivity index (χ1n) is 9.70. The van der Waals surface area contributed by atoms with Crippen molar-refractivity contribution in [2.45, 2.75) is 25.7 Å². The zero-order chi connectivity index (χ0) is 22.0. The molecule has 0 unspecified atom stereocenters. The van der Waals surface area contributed by atoms with E-state index in [0.29, 0.717) is 18.1 Å². The summed E-state index contributed by atoms with van der Waals surface area (Å²) in [7, 11) is 5.74. The minimum absolute atomic E-state index is 0. The van der Waals surface area contributed by atoms with Crippen LogP contribution in [0.1, 0.15) is 16.7 Å². The van der Waals surface area contributed by atoms with Crippen molar-refractivity contribution in [1.29, 1.82) is 0 Å². The predicted molar refractivity (Wildman–Crippen MR) is 130 cm³/mol. The van der Waals surface area contributed by atoms with Crippen LogP contribution in [0.5, 0.6) is 0 Å². The summed E-state index contributed by atoms with van der Waals surface area (Å²) in [6.07, 6.45) is -3.43. The Bertz CT molecular complexity index is 794. The lowest BCUT2D eigenvalue weighted by Gasteiger charge is -2.14. The summed E-state index contributed by atoms with van der Waals surface area (Å²) >= 11 is 0. The fraction of sp³-hybridized carbons (Fsp3) is 0.409. The monoisotopic (exact) mass is 550 g/mol. The van der Waals surface area contributed by atoms with E-state index < -0.39 is 12.8 Å². The van der Waals surface area contributed by atoms with E-state index in [4.69, 9.17) is 0 Å². The van der Waals surface area contributed by atoms with Gasteiger partial charge in [-0.25, -0.2) is 0 Å². The van der Waals surface area contributed by atoms with Gasteiger partial charge in [0.1, 0.15) is 6.61 Å². The number of anilines is 1. The topological polar surface area (TPSA) is 48.9 Å². The van der Waals surface area contributed by atoms with Gasteiger partial charge < -0.3 is 20.3 Å². The molecule has 0 radical (unpaired) electrons. The summed E-state index contributed by atoms with van der Waals surface area (Å²) < 4.78 is 41.0. The molecule has 5 nitrogen and oxygen atoms in total. The van der Waals surface area contributed by atoms with Crippen molar-refractivity contribution in [2.75, 3.05) is 39.2 Å². The first-order valence-corrected chi connectivity index (χ1v) is 9.70. The highest BCUT2D eigenvalue weighted by atomic mass is 127. The van der Waals surface area contributed by atoms with E-state index in [1.54, 1.807) is 19.2 Å². The molecule has 0 fully saturated rings. The van der Waals surface area contributed by atoms with E-state index in [1.165, 1.54) is 11.3 Å². The molecule has 2 N–H and O–H groups in total. The Kier molecular flexibility index (Phi) is 11.7. The average molecular weight is 550 g/mol. The van der Waals surface area contributed by atoms with Gasteiger partial charge in [-0.3, -0.25) is 4.99 Å². The van der Waals surface area contributed by atoms with Gasteiger partial charge in [0.25, 0.3) is 0 Å². The normalized spacial score (nSPS) is 11.6. The van der Waals surface area contributed by atoms with Gasteiger partial charge in [0, 0.05) is 39.9 Å². The molecule has 0 atom stereocenters. The molecule has 2 aromatic rings. The molecule has 0 saturated heterocycles. The molecule has 0 spiro atoms. The average Bonchev–Trinajstić information content (AvgIpc) is 2.71. The van der Waals surface area contributed by atoms with Crippen LogP contribution in [-0.2, 0) is 24.3 Å². The van der Waals surface area contributed by atoms with Gasteiger partial charge in [0.05, 0.1) is 6.61 Å². The van der Waals surface area contributed by atoms with Gasteiger partial charge in [-0.1, -0.05) is 36.4 Å². The number of alkyl halides is 3. The standard InChI is InChI=1S/C22H29F3N4O.HI/c1-26-21(27-13-12-17-8-10-20(11-9-17)29(2)3)28-14-18-4-6-19(7-5-18)15-30-16-22(23,24)25;/h4-11H,12-16H2,1-3H3,(H2,26,27,28);1H. The molecule has 0 aliphatic heterocycles. The maximum atomic E-state index is 12.1. The van der Waals surface area contributed by atoms with E-state index in [1.807, 2.05) is 26.2 Å². The molecule has 0 heterocycles. The smallest absolute Gasteiger partial charge is 0.378 e. The molecule has 0 amide bonds. The molecule has 0 aliphatic carbocycles. The van der Waals surface area contributed by atoms with E-state index >= 15 is 0 Å². The largest absolute Gasteiger partial charge is 0.411 e. The van der Waals surface area contributed by atoms with Gasteiger partial charge in [0.15, 0.2) is 5.96 Å². The first kappa shape index (κ1) is 27.0. The van der Waals surface area contributed by atoms with Crippen LogP contribution in [0.15, 0.2) is 53.5 Å². The molecular weight excluding hydrogens is 520 g/mol. The van der Waals surface area contributed by atoms with Crippen molar-refractivity contribution in [1.82, 2.24) is 10.6 Å². The summed E-state index contributed by atoms with van der Waals surface area (Å²) in [5.41, 5.74) is 4.11. The van der Waals surface area contributed by atoms with E-state index in [-0.39, 0.29) is 30.6 Å². The fourth-order valence-corrected chi connectivity index (χ4v) is 2.73. The van der Waals surface area contributed by atoms with Gasteiger partial charge in [0.2, 0.25) is 0 Å². The van der Waals surface area contributed by atoms with Crippen molar-refractivity contribution in [3.8, 4) is 0 Å². The zero-order valence-electron chi connectivity index (χ0n) is 18.0. The fourth-order valence-electron chi connectivity index (χ4n) is 2.73. The van der Waals surface area contributed by atoms with Crippen molar-refractivity contribution >= 4 is 35.6 Å². The number of aliphatic imine (C=N–C) groups is 1. The summed E-state index contributed by atoms with van der Waals surface area (Å²) in [5.74, 6) is 0.692. The van der Waals surface area contributed by atoms with Crippen LogP contribution < -0.4 is 15.5 Å². The maximum Gasteiger partial charge on any atom is 0.411 e. The van der Waals surface area contributed by atoms with Crippen LogP contribution in [0.2, 0.25) is 0 Å². The Morgan fingerprint density at radius 2 is 1.52 bits per heavy atom. The Balaban J connectivity index is 0.00000480. The second-order valence-corrected chi connectivity index (χ2v) is 7.09. The number of halogens is 4. The third-order valence-corrected chi connectivity index (χ3v) is 4.40. The molecule has 2 rings (SSSR count). The van der Waals surface area contributed by atoms with Crippen LogP contribution in [0.4, 0.5) is 18.9 Å². The molecule has 31 heavy (non-hydrogen) atoms. The van der Waals surface area contributed by atoms with Crippen LogP contribution in [0, 0.1) is 0 Å². The van der Waals surface area contributed by atoms with Crippen molar-refractivity contribution in [2.24, 2.45) is 4.99 Å². The first-order chi connectivity index (χ1) is 14.3. The number of ether oxygens (including phenoxy) is 1. The molecule has 0 bridgehead atoms. The van der Waals surface area contributed by atoms with Crippen molar-refractivity contribution in [3.05, 3.63) is 65.2 Å². The Morgan fingerprint density at radius 3 is 2.06 bits per heavy atom. The van der Waals surface area contributed by atoms with Crippen LogP contribution in [0.3, 0.4) is 0 Å². The summed E-state index contributed by atoms with van der Waals surface area (Å²) in [6, 6.07) is 15.7. The minimum Gasteiger partial charge on any atom is -0.378 e. The number of benzene rings is 2. The molecule has 2 aromatic carbocycles. The summed E-state index contributed by atoms with van der Waals surface area (Å²) in [4.78, 5) is 6.28. The van der Waals surface area contributed by atoms with E-state index in [9.17, 15) is 13.2 Å². The molecule has 0 aliphatic rings. The minimum atomic E-state index is -4.30. The van der Waals surface area contributed by atoms with Crippen LogP contribution in [-0.4, -0.2) is 46.4 Å². The summed E-state index contributed by atoms with van der Waals surface area (Å²) in [6.45, 7) is 0.00141. The molecular formula is C22H30F3IN4O. The van der Waals surface area contributed by atoms with Gasteiger partial charge in [-0.05, 0) is 35.2 Å². The molecule has 0 aromatic heterocycles. The number of hydrogen-bond donors (Lipinski definition) is 2. The lowest BCUT2D eigenvalue weighted by molar-refractivity contribution is -0.176. The number of rotatable bonds is 9. The van der Waals surface area contributed by atoms with Crippen LogP contribution in [0.25, 0.3) is 0 Å². The number of nitrogens with one attached hydrogen (secondary N) is 2. The summed E-state index contributed by atoms with van der Waals surface area (Å²) in [5, 5.41) is 6.51. The lowest BCUT2D eigenvalue weighted by Crippen LogP contribution is -2.37. The highest BCUT2D eigenvalue weighted by molar-refractivity contribution is 14.0. The second kappa shape index (κ2) is 13.4. The number of nitrogens with zero attached hydrogens (tertiary/aromatic N) is 2. The third kappa shape index (κ3) is 10.7. The SMILES string of the molecule is CN=C(NCCc1ccc(N(C)C)cc1)NCc1ccc(COCC(F)(F)F)cc1.I. The molecule has 172 valence electrons. The van der Waals surface area contributed by atoms with E-state index in [0.717, 1.165) is 18.5 Å². The molecule has 9 heteroatoms. The Labute approximate surface area is 199 Å². The van der Waals surface area contributed by atoms with Crippen molar-refractivity contribution in [3.63, 3.8) is 0 Å². The van der Waals surface area contributed by atoms with Gasteiger partial charge in [-0.15, -0.1) is 24.0 Å². The predicted octanol–water partition coefficient (Wildman–Crippen LogP) is 4.36. The van der Waals surface area contributed by atoms with Crippen molar-refractivity contribution < 1.29 is 17.9 Å².